The first kappa shape index (κ1) is 22.4. The minimum atomic E-state index is -1.00. The van der Waals surface area contributed by atoms with E-state index in [0.29, 0.717) is 5.92 Å². The molecule has 2 aliphatic rings. The van der Waals surface area contributed by atoms with Crippen molar-refractivity contribution in [2.75, 3.05) is 0 Å². The van der Waals surface area contributed by atoms with E-state index in [9.17, 15) is 9.90 Å². The van der Waals surface area contributed by atoms with Gasteiger partial charge in [-0.1, -0.05) is 24.8 Å². The number of allylic oxidation sites excluding steroid dienone is 1. The Bertz CT molecular complexity index is 567. The Labute approximate surface area is 165 Å². The molecule has 0 aromatic rings. The lowest BCUT2D eigenvalue weighted by molar-refractivity contribution is -0.966. The van der Waals surface area contributed by atoms with Gasteiger partial charge in [-0.05, 0) is 54.4 Å². The second kappa shape index (κ2) is 7.84. The van der Waals surface area contributed by atoms with E-state index in [1.807, 2.05) is 55.4 Å². The molecule has 1 N–H and O–H groups in total. The van der Waals surface area contributed by atoms with E-state index in [0.717, 1.165) is 18.4 Å². The molecule has 4 atom stereocenters. The van der Waals surface area contributed by atoms with E-state index in [4.69, 9.17) is 9.47 Å². The van der Waals surface area contributed by atoms with Crippen molar-refractivity contribution >= 4 is 6.09 Å². The molecule has 1 unspecified atom stereocenters. The summed E-state index contributed by atoms with van der Waals surface area (Å²) in [7, 11) is 0. The molecule has 1 saturated carbocycles. The summed E-state index contributed by atoms with van der Waals surface area (Å²) in [6, 6.07) is -0.124. The van der Waals surface area contributed by atoms with Gasteiger partial charge in [-0.25, -0.2) is 0 Å². The molecule has 1 aliphatic heterocycles. The number of aliphatic hydroxyl groups excluding tert-OH is 1. The summed E-state index contributed by atoms with van der Waals surface area (Å²) in [5.74, 6) is 0.336. The predicted octanol–water partition coefficient (Wildman–Crippen LogP) is 5.13. The SMILES string of the molecule is CC(C)=C[C@H](O)[N+]1(C(=O)OC(C)(C)C)[C@@H](C2CCCCC2)[C@@H](C)OC1(C)C. The number of amides is 1. The van der Waals surface area contributed by atoms with Crippen molar-refractivity contribution in [1.82, 2.24) is 0 Å². The van der Waals surface area contributed by atoms with E-state index in [1.165, 1.54) is 19.3 Å². The standard InChI is InChI=1S/C22H40NO4/c1-15(2)14-18(24)23(20(25)27-21(4,5)6)19(16(3)26-22(23,7)8)17-12-10-9-11-13-17/h14,16-19,24H,9-13H2,1-8H3/q+1/t16-,18+,19-,23?/m1/s1. The summed E-state index contributed by atoms with van der Waals surface area (Å²) in [5.41, 5.74) is -0.539. The van der Waals surface area contributed by atoms with Crippen LogP contribution in [0.4, 0.5) is 4.79 Å². The van der Waals surface area contributed by atoms with E-state index in [2.05, 4.69) is 0 Å². The number of hydrogen-bond donors (Lipinski definition) is 1. The van der Waals surface area contributed by atoms with E-state index < -0.39 is 23.6 Å². The average molecular weight is 383 g/mol. The molecule has 27 heavy (non-hydrogen) atoms. The molecule has 1 amide bonds. The van der Waals surface area contributed by atoms with E-state index in [1.54, 1.807) is 6.08 Å². The molecule has 156 valence electrons. The molecule has 5 heteroatoms. The Morgan fingerprint density at radius 1 is 1.22 bits per heavy atom. The van der Waals surface area contributed by atoms with Crippen molar-refractivity contribution in [2.45, 2.75) is 117 Å². The van der Waals surface area contributed by atoms with Crippen molar-refractivity contribution in [3.63, 3.8) is 0 Å². The molecule has 5 nitrogen and oxygen atoms in total. The van der Waals surface area contributed by atoms with Crippen LogP contribution in [0.3, 0.4) is 0 Å². The van der Waals surface area contributed by atoms with Crippen LogP contribution in [0, 0.1) is 5.92 Å². The number of quaternary nitrogens is 1. The molecular formula is C22H40NO4+. The molecule has 0 aromatic carbocycles. The van der Waals surface area contributed by atoms with Crippen LogP contribution in [-0.2, 0) is 9.47 Å². The molecule has 2 rings (SSSR count). The minimum Gasteiger partial charge on any atom is -0.414 e. The zero-order valence-electron chi connectivity index (χ0n) is 18.5. The second-order valence-corrected chi connectivity index (χ2v) is 10.1. The lowest BCUT2D eigenvalue weighted by Gasteiger charge is -2.48. The Balaban J connectivity index is 2.63. The number of rotatable bonds is 3. The maximum atomic E-state index is 13.7. The van der Waals surface area contributed by atoms with Crippen molar-refractivity contribution < 1.29 is 23.9 Å². The largest absolute Gasteiger partial charge is 0.521 e. The zero-order valence-corrected chi connectivity index (χ0v) is 18.5. The summed E-state index contributed by atoms with van der Waals surface area (Å²) in [6.45, 7) is 15.4. The summed E-state index contributed by atoms with van der Waals surface area (Å²) in [6.07, 6.45) is 5.97. The maximum Gasteiger partial charge on any atom is 0.521 e. The number of hydrogen-bond acceptors (Lipinski definition) is 4. The van der Waals surface area contributed by atoms with Gasteiger partial charge >= 0.3 is 6.09 Å². The number of aliphatic hydroxyl groups is 1. The Morgan fingerprint density at radius 2 is 1.78 bits per heavy atom. The first-order valence-corrected chi connectivity index (χ1v) is 10.5. The van der Waals surface area contributed by atoms with Crippen LogP contribution in [-0.4, -0.2) is 45.4 Å². The molecule has 0 radical (unpaired) electrons. The molecule has 1 heterocycles. The van der Waals surface area contributed by atoms with Crippen LogP contribution < -0.4 is 0 Å². The Morgan fingerprint density at radius 3 is 2.26 bits per heavy atom. The van der Waals surface area contributed by atoms with Gasteiger partial charge in [-0.3, -0.25) is 0 Å². The highest BCUT2D eigenvalue weighted by atomic mass is 16.6. The summed E-state index contributed by atoms with van der Waals surface area (Å²) >= 11 is 0. The molecule has 0 bridgehead atoms. The molecular weight excluding hydrogens is 342 g/mol. The van der Waals surface area contributed by atoms with Gasteiger partial charge in [0.2, 0.25) is 12.0 Å². The van der Waals surface area contributed by atoms with Gasteiger partial charge in [-0.2, -0.15) is 9.28 Å². The summed E-state index contributed by atoms with van der Waals surface area (Å²) in [5, 5.41) is 11.4. The number of carbonyl (C=O) groups excluding carboxylic acids is 1. The van der Waals surface area contributed by atoms with Crippen LogP contribution in [0.1, 0.15) is 87.5 Å². The third-order valence-electron chi connectivity index (χ3n) is 6.04. The Hall–Kier alpha value is -0.910. The maximum absolute atomic E-state index is 13.7. The van der Waals surface area contributed by atoms with Crippen molar-refractivity contribution in [2.24, 2.45) is 5.92 Å². The fourth-order valence-corrected chi connectivity index (χ4v) is 5.19. The van der Waals surface area contributed by atoms with Crippen molar-refractivity contribution in [3.05, 3.63) is 11.6 Å². The van der Waals surface area contributed by atoms with E-state index >= 15 is 0 Å². The topological polar surface area (TPSA) is 55.8 Å². The molecule has 0 aromatic heterocycles. The minimum absolute atomic E-state index is 0.124. The van der Waals surface area contributed by atoms with Crippen LogP contribution >= 0.6 is 0 Å². The van der Waals surface area contributed by atoms with Crippen LogP contribution in [0.5, 0.6) is 0 Å². The normalized spacial score (nSPS) is 32.8. The van der Waals surface area contributed by atoms with Crippen LogP contribution in [0.15, 0.2) is 11.6 Å². The quantitative estimate of drug-likeness (QED) is 0.543. The lowest BCUT2D eigenvalue weighted by atomic mass is 9.80. The average Bonchev–Trinajstić information content (AvgIpc) is 2.71. The number of carbonyl (C=O) groups is 1. The highest BCUT2D eigenvalue weighted by molar-refractivity contribution is 5.62. The molecule has 0 spiro atoms. The zero-order chi connectivity index (χ0) is 20.6. The van der Waals surface area contributed by atoms with Gasteiger partial charge in [0, 0.05) is 25.8 Å². The highest BCUT2D eigenvalue weighted by Crippen LogP contribution is 2.49. The lowest BCUT2D eigenvalue weighted by Crippen LogP contribution is -2.72. The monoisotopic (exact) mass is 382 g/mol. The van der Waals surface area contributed by atoms with Gasteiger partial charge in [0.1, 0.15) is 17.7 Å². The third-order valence-corrected chi connectivity index (χ3v) is 6.04. The fraction of sp³-hybridized carbons (Fsp3) is 0.864. The van der Waals surface area contributed by atoms with Crippen molar-refractivity contribution in [3.8, 4) is 0 Å². The molecule has 2 fully saturated rings. The van der Waals surface area contributed by atoms with Gasteiger partial charge in [0.25, 0.3) is 0 Å². The second-order valence-electron chi connectivity index (χ2n) is 10.1. The predicted molar refractivity (Wildman–Crippen MR) is 107 cm³/mol. The fourth-order valence-electron chi connectivity index (χ4n) is 5.19. The first-order chi connectivity index (χ1) is 12.3. The van der Waals surface area contributed by atoms with Crippen LogP contribution in [0.2, 0.25) is 0 Å². The van der Waals surface area contributed by atoms with Gasteiger partial charge in [0.15, 0.2) is 0 Å². The first-order valence-electron chi connectivity index (χ1n) is 10.5. The smallest absolute Gasteiger partial charge is 0.414 e. The molecule has 1 saturated heterocycles. The van der Waals surface area contributed by atoms with Gasteiger partial charge in [-0.15, -0.1) is 0 Å². The summed E-state index contributed by atoms with van der Waals surface area (Å²) < 4.78 is 12.0. The highest BCUT2D eigenvalue weighted by Gasteiger charge is 2.70. The molecule has 1 aliphatic carbocycles. The Kier molecular flexibility index (Phi) is 6.50. The van der Waals surface area contributed by atoms with Gasteiger partial charge in [0.05, 0.1) is 0 Å². The number of nitrogens with zero attached hydrogens (tertiary/aromatic N) is 1. The summed E-state index contributed by atoms with van der Waals surface area (Å²) in [4.78, 5) is 13.7. The van der Waals surface area contributed by atoms with Gasteiger partial charge < -0.3 is 14.6 Å². The van der Waals surface area contributed by atoms with Crippen molar-refractivity contribution in [1.29, 1.82) is 0 Å². The van der Waals surface area contributed by atoms with Crippen LogP contribution in [0.25, 0.3) is 0 Å². The van der Waals surface area contributed by atoms with E-state index in [-0.39, 0.29) is 16.6 Å². The number of ether oxygens (including phenoxy) is 2. The third kappa shape index (κ3) is 4.25.